The fourth-order valence-corrected chi connectivity index (χ4v) is 2.20. The molecule has 0 aliphatic rings. The fourth-order valence-electron chi connectivity index (χ4n) is 1.98. The third-order valence-electron chi connectivity index (χ3n) is 2.98. The molecule has 2 nitrogen and oxygen atoms in total. The molecule has 0 N–H and O–H groups in total. The first-order valence-electron chi connectivity index (χ1n) is 5.74. The number of nitrogens with zero attached hydrogens (tertiary/aromatic N) is 1. The molecule has 0 spiro atoms. The van der Waals surface area contributed by atoms with Crippen molar-refractivity contribution in [2.45, 2.75) is 26.4 Å². The van der Waals surface area contributed by atoms with Gasteiger partial charge in [0.05, 0.1) is 0 Å². The van der Waals surface area contributed by atoms with Crippen LogP contribution in [0.4, 0.5) is 18.9 Å². The average Bonchev–Trinajstić information content (AvgIpc) is 2.30. The van der Waals surface area contributed by atoms with E-state index in [0.29, 0.717) is 10.7 Å². The molecule has 0 saturated heterocycles. The predicted molar refractivity (Wildman–Crippen MR) is 72.9 cm³/mol. The van der Waals surface area contributed by atoms with Gasteiger partial charge >= 0.3 is 12.1 Å². The van der Waals surface area contributed by atoms with Crippen LogP contribution < -0.4 is 4.90 Å². The number of benzene rings is 1. The number of anilines is 1. The smallest absolute Gasteiger partial charge is 0.308 e. The maximum atomic E-state index is 12.4. The Bertz CT molecular complexity index is 462. The number of aryl methyl sites for hydroxylation is 2. The van der Waals surface area contributed by atoms with Crippen LogP contribution in [0.2, 0.25) is 0 Å². The second-order valence-electron chi connectivity index (χ2n) is 4.39. The molecule has 6 heteroatoms. The minimum atomic E-state index is -4.86. The van der Waals surface area contributed by atoms with E-state index in [0.717, 1.165) is 30.2 Å². The zero-order valence-electron chi connectivity index (χ0n) is 11.0. The van der Waals surface area contributed by atoms with Crippen molar-refractivity contribution in [1.29, 1.82) is 0 Å². The Balaban J connectivity index is 3.13. The third kappa shape index (κ3) is 3.65. The molecule has 1 aromatic carbocycles. The minimum Gasteiger partial charge on any atom is -0.308 e. The van der Waals surface area contributed by atoms with Crippen molar-refractivity contribution in [2.24, 2.45) is 0 Å². The normalized spacial score (nSPS) is 11.5. The van der Waals surface area contributed by atoms with Crippen molar-refractivity contribution in [2.75, 3.05) is 17.7 Å². The zero-order valence-corrected chi connectivity index (χ0v) is 11.9. The van der Waals surface area contributed by atoms with Gasteiger partial charge in [-0.25, -0.2) is 0 Å². The van der Waals surface area contributed by atoms with E-state index in [1.165, 1.54) is 0 Å². The number of hydrogen-bond acceptors (Lipinski definition) is 2. The van der Waals surface area contributed by atoms with Crippen molar-refractivity contribution in [3.8, 4) is 0 Å². The van der Waals surface area contributed by atoms with Crippen molar-refractivity contribution >= 4 is 24.2 Å². The number of amides is 1. The molecule has 1 rings (SSSR count). The van der Waals surface area contributed by atoms with Gasteiger partial charge in [0, 0.05) is 12.7 Å². The number of carbonyl (C=O) groups excluding carboxylic acids is 1. The van der Waals surface area contributed by atoms with Gasteiger partial charge < -0.3 is 4.90 Å². The highest BCUT2D eigenvalue weighted by atomic mass is 32.1. The van der Waals surface area contributed by atoms with Gasteiger partial charge in [0.1, 0.15) is 0 Å². The summed E-state index contributed by atoms with van der Waals surface area (Å²) < 4.78 is 37.2. The summed E-state index contributed by atoms with van der Waals surface area (Å²) in [5.41, 5.74) is 3.04. The van der Waals surface area contributed by atoms with Crippen molar-refractivity contribution in [3.63, 3.8) is 0 Å². The first-order valence-corrected chi connectivity index (χ1v) is 6.37. The van der Waals surface area contributed by atoms with E-state index in [4.69, 9.17) is 0 Å². The third-order valence-corrected chi connectivity index (χ3v) is 3.20. The number of alkyl halides is 3. The molecule has 0 aliphatic carbocycles. The molecule has 106 valence electrons. The Hall–Kier alpha value is -1.17. The van der Waals surface area contributed by atoms with Gasteiger partial charge in [-0.05, 0) is 54.8 Å². The van der Waals surface area contributed by atoms with E-state index < -0.39 is 12.1 Å². The first kappa shape index (κ1) is 15.9. The first-order chi connectivity index (χ1) is 8.68. The molecule has 0 bridgehead atoms. The lowest BCUT2D eigenvalue weighted by Crippen LogP contribution is -2.38. The van der Waals surface area contributed by atoms with Crippen LogP contribution in [-0.2, 0) is 11.2 Å². The van der Waals surface area contributed by atoms with Gasteiger partial charge in [-0.3, -0.25) is 4.79 Å². The van der Waals surface area contributed by atoms with Crippen LogP contribution in [-0.4, -0.2) is 24.9 Å². The highest BCUT2D eigenvalue weighted by Crippen LogP contribution is 2.26. The minimum absolute atomic E-state index is 0.250. The highest BCUT2D eigenvalue weighted by molar-refractivity contribution is 7.80. The molecular formula is C13H16F3NOS. The van der Waals surface area contributed by atoms with Crippen LogP contribution in [0.5, 0.6) is 0 Å². The molecule has 0 atom stereocenters. The SMILES string of the molecule is Cc1cc(N(C)C(=O)C(F)(F)F)cc(C)c1CCS. The molecule has 0 fully saturated rings. The zero-order chi connectivity index (χ0) is 14.8. The Morgan fingerprint density at radius 3 is 2.11 bits per heavy atom. The maximum Gasteiger partial charge on any atom is 0.471 e. The molecule has 0 aromatic heterocycles. The van der Waals surface area contributed by atoms with Crippen molar-refractivity contribution in [1.82, 2.24) is 0 Å². The largest absolute Gasteiger partial charge is 0.471 e. The van der Waals surface area contributed by atoms with Gasteiger partial charge in [-0.2, -0.15) is 25.8 Å². The summed E-state index contributed by atoms with van der Waals surface area (Å²) in [6.07, 6.45) is -4.11. The Labute approximate surface area is 116 Å². The number of carbonyl (C=O) groups is 1. The van der Waals surface area contributed by atoms with Crippen molar-refractivity contribution in [3.05, 3.63) is 28.8 Å². The number of rotatable bonds is 3. The van der Waals surface area contributed by atoms with E-state index in [1.54, 1.807) is 12.1 Å². The molecular weight excluding hydrogens is 275 g/mol. The molecule has 19 heavy (non-hydrogen) atoms. The quantitative estimate of drug-likeness (QED) is 0.847. The summed E-state index contributed by atoms with van der Waals surface area (Å²) in [4.78, 5) is 11.8. The predicted octanol–water partition coefficient (Wildman–Crippen LogP) is 3.30. The number of halogens is 3. The summed E-state index contributed by atoms with van der Waals surface area (Å²) in [5.74, 6) is -1.20. The van der Waals surface area contributed by atoms with Crippen LogP contribution in [0.1, 0.15) is 16.7 Å². The Morgan fingerprint density at radius 2 is 1.74 bits per heavy atom. The van der Waals surface area contributed by atoms with Gasteiger partial charge in [0.15, 0.2) is 0 Å². The highest BCUT2D eigenvalue weighted by Gasteiger charge is 2.41. The maximum absolute atomic E-state index is 12.4. The second kappa shape index (κ2) is 5.86. The van der Waals surface area contributed by atoms with E-state index in [-0.39, 0.29) is 5.69 Å². The summed E-state index contributed by atoms with van der Waals surface area (Å²) in [6.45, 7) is 3.64. The molecule has 0 saturated carbocycles. The van der Waals surface area contributed by atoms with Gasteiger partial charge in [-0.15, -0.1) is 0 Å². The van der Waals surface area contributed by atoms with E-state index >= 15 is 0 Å². The lowest BCUT2D eigenvalue weighted by molar-refractivity contribution is -0.170. The summed E-state index contributed by atoms with van der Waals surface area (Å²) >= 11 is 4.15. The number of thiol groups is 1. The monoisotopic (exact) mass is 291 g/mol. The standard InChI is InChI=1S/C13H16F3NOS/c1-8-6-10(7-9(2)11(8)4-5-19)17(3)12(18)13(14,15)16/h6-7,19H,4-5H2,1-3H3. The van der Waals surface area contributed by atoms with Gasteiger partial charge in [0.2, 0.25) is 0 Å². The van der Waals surface area contributed by atoms with E-state index in [1.807, 2.05) is 13.8 Å². The van der Waals surface area contributed by atoms with Gasteiger partial charge in [-0.1, -0.05) is 0 Å². The van der Waals surface area contributed by atoms with Crippen LogP contribution in [0, 0.1) is 13.8 Å². The van der Waals surface area contributed by atoms with Gasteiger partial charge in [0.25, 0.3) is 0 Å². The molecule has 0 radical (unpaired) electrons. The van der Waals surface area contributed by atoms with Crippen LogP contribution in [0.25, 0.3) is 0 Å². The average molecular weight is 291 g/mol. The molecule has 1 amide bonds. The fraction of sp³-hybridized carbons (Fsp3) is 0.462. The summed E-state index contributed by atoms with van der Waals surface area (Å²) in [7, 11) is 1.13. The number of hydrogen-bond donors (Lipinski definition) is 1. The Kier molecular flexibility index (Phi) is 4.90. The van der Waals surface area contributed by atoms with E-state index in [2.05, 4.69) is 12.6 Å². The summed E-state index contributed by atoms with van der Waals surface area (Å²) in [6, 6.07) is 3.19. The lowest BCUT2D eigenvalue weighted by Gasteiger charge is -2.21. The van der Waals surface area contributed by atoms with Crippen molar-refractivity contribution < 1.29 is 18.0 Å². The molecule has 1 aromatic rings. The molecule has 0 unspecified atom stereocenters. The Morgan fingerprint density at radius 1 is 1.26 bits per heavy atom. The lowest BCUT2D eigenvalue weighted by atomic mass is 9.99. The molecule has 0 heterocycles. The second-order valence-corrected chi connectivity index (χ2v) is 4.84. The topological polar surface area (TPSA) is 20.3 Å². The van der Waals surface area contributed by atoms with Crippen LogP contribution in [0.3, 0.4) is 0 Å². The van der Waals surface area contributed by atoms with Crippen LogP contribution in [0.15, 0.2) is 12.1 Å². The molecule has 0 aliphatic heterocycles. The van der Waals surface area contributed by atoms with E-state index in [9.17, 15) is 18.0 Å². The van der Waals surface area contributed by atoms with Crippen LogP contribution >= 0.6 is 12.6 Å². The summed E-state index contributed by atoms with van der Waals surface area (Å²) in [5, 5.41) is 0.